The molecule has 3 rings (SSSR count). The zero-order valence-corrected chi connectivity index (χ0v) is 16.7. The zero-order valence-electron chi connectivity index (χ0n) is 16.7. The fourth-order valence-electron chi connectivity index (χ4n) is 3.06. The van der Waals surface area contributed by atoms with Crippen LogP contribution < -0.4 is 10.1 Å². The molecule has 0 spiro atoms. The summed E-state index contributed by atoms with van der Waals surface area (Å²) in [5, 5.41) is 13.3. The maximum absolute atomic E-state index is 12.7. The van der Waals surface area contributed by atoms with Crippen molar-refractivity contribution in [2.45, 2.75) is 12.1 Å². The summed E-state index contributed by atoms with van der Waals surface area (Å²) in [7, 11) is 2.74. The molecule has 0 saturated carbocycles. The second-order valence-electron chi connectivity index (χ2n) is 6.64. The number of rotatable bonds is 7. The minimum Gasteiger partial charge on any atom is -0.497 e. The van der Waals surface area contributed by atoms with Gasteiger partial charge >= 0.3 is 5.97 Å². The summed E-state index contributed by atoms with van der Waals surface area (Å²) < 4.78 is 9.87. The molecule has 0 aliphatic heterocycles. The lowest BCUT2D eigenvalue weighted by molar-refractivity contribution is -0.146. The Bertz CT molecular complexity index is 984. The lowest BCUT2D eigenvalue weighted by Crippen LogP contribution is -2.45. The van der Waals surface area contributed by atoms with Gasteiger partial charge in [-0.2, -0.15) is 0 Å². The van der Waals surface area contributed by atoms with Crippen LogP contribution in [0, 0.1) is 0 Å². The Balaban J connectivity index is 1.77. The lowest BCUT2D eigenvalue weighted by atomic mass is 10.0. The highest BCUT2D eigenvalue weighted by atomic mass is 16.5. The third kappa shape index (κ3) is 4.85. The number of benzene rings is 3. The highest BCUT2D eigenvalue weighted by molar-refractivity contribution is 5.97. The maximum atomic E-state index is 12.7. The van der Waals surface area contributed by atoms with Crippen LogP contribution in [0.3, 0.4) is 0 Å². The quantitative estimate of drug-likeness (QED) is 0.589. The molecule has 2 atom stereocenters. The Labute approximate surface area is 175 Å². The summed E-state index contributed by atoms with van der Waals surface area (Å²) >= 11 is 0. The minimum absolute atomic E-state index is 0.366. The van der Waals surface area contributed by atoms with E-state index in [0.717, 1.165) is 11.1 Å². The Hall–Kier alpha value is -3.64. The summed E-state index contributed by atoms with van der Waals surface area (Å²) in [5.41, 5.74) is 2.82. The van der Waals surface area contributed by atoms with Crippen LogP contribution in [-0.2, 0) is 9.53 Å². The first-order valence-electron chi connectivity index (χ1n) is 9.39. The fraction of sp³-hybridized carbons (Fsp3) is 0.167. The molecule has 6 heteroatoms. The molecular weight excluding hydrogens is 382 g/mol. The molecule has 154 valence electrons. The van der Waals surface area contributed by atoms with Gasteiger partial charge in [0, 0.05) is 5.56 Å². The van der Waals surface area contributed by atoms with Crippen molar-refractivity contribution >= 4 is 11.9 Å². The molecular formula is C24H23NO5. The van der Waals surface area contributed by atoms with Gasteiger partial charge in [-0.25, -0.2) is 4.79 Å². The molecule has 0 aliphatic rings. The molecule has 2 unspecified atom stereocenters. The third-order valence-corrected chi connectivity index (χ3v) is 4.77. The molecule has 2 N–H and O–H groups in total. The van der Waals surface area contributed by atoms with Gasteiger partial charge in [0.2, 0.25) is 0 Å². The standard InChI is InChI=1S/C24H23NO5/c1-29-20-14-12-18(13-15-20)22(26)21(24(28)30-2)25-23(27)19-10-8-17(9-11-19)16-6-4-3-5-7-16/h3-15,21-22,26H,1-2H3,(H,25,27). The summed E-state index contributed by atoms with van der Waals surface area (Å²) in [5.74, 6) is -0.617. The number of carbonyl (C=O) groups excluding carboxylic acids is 2. The number of ether oxygens (including phenoxy) is 2. The van der Waals surface area contributed by atoms with Crippen LogP contribution in [-0.4, -0.2) is 37.2 Å². The molecule has 0 heterocycles. The van der Waals surface area contributed by atoms with Crippen molar-refractivity contribution in [1.29, 1.82) is 0 Å². The first kappa shape index (κ1) is 21.1. The van der Waals surface area contributed by atoms with Crippen molar-refractivity contribution in [3.05, 3.63) is 90.0 Å². The zero-order chi connectivity index (χ0) is 21.5. The first-order chi connectivity index (χ1) is 14.5. The van der Waals surface area contributed by atoms with Gasteiger partial charge in [-0.15, -0.1) is 0 Å². The molecule has 0 fully saturated rings. The molecule has 0 radical (unpaired) electrons. The van der Waals surface area contributed by atoms with E-state index in [1.165, 1.54) is 14.2 Å². The van der Waals surface area contributed by atoms with Gasteiger partial charge in [0.05, 0.1) is 14.2 Å². The number of nitrogens with one attached hydrogen (secondary N) is 1. The van der Waals surface area contributed by atoms with E-state index in [-0.39, 0.29) is 0 Å². The number of esters is 1. The van der Waals surface area contributed by atoms with Gasteiger partial charge < -0.3 is 19.9 Å². The van der Waals surface area contributed by atoms with Gasteiger partial charge in [-0.1, -0.05) is 54.6 Å². The normalized spacial score (nSPS) is 12.5. The number of hydrogen-bond acceptors (Lipinski definition) is 5. The van der Waals surface area contributed by atoms with Gasteiger partial charge in [0.15, 0.2) is 6.04 Å². The first-order valence-corrected chi connectivity index (χ1v) is 9.39. The van der Waals surface area contributed by atoms with E-state index in [1.54, 1.807) is 36.4 Å². The maximum Gasteiger partial charge on any atom is 0.331 e. The van der Waals surface area contributed by atoms with Crippen LogP contribution in [0.25, 0.3) is 11.1 Å². The smallest absolute Gasteiger partial charge is 0.331 e. The summed E-state index contributed by atoms with van der Waals surface area (Å²) in [6.07, 6.45) is -1.28. The largest absolute Gasteiger partial charge is 0.497 e. The van der Waals surface area contributed by atoms with Crippen molar-refractivity contribution in [2.75, 3.05) is 14.2 Å². The Morgan fingerprint density at radius 2 is 1.43 bits per heavy atom. The van der Waals surface area contributed by atoms with Crippen LogP contribution in [0.2, 0.25) is 0 Å². The van der Waals surface area contributed by atoms with E-state index in [2.05, 4.69) is 5.32 Å². The number of aliphatic hydroxyl groups excluding tert-OH is 1. The molecule has 0 aliphatic carbocycles. The molecule has 0 aromatic heterocycles. The molecule has 30 heavy (non-hydrogen) atoms. The number of aliphatic hydroxyl groups is 1. The van der Waals surface area contributed by atoms with Crippen LogP contribution in [0.5, 0.6) is 5.75 Å². The monoisotopic (exact) mass is 405 g/mol. The average Bonchev–Trinajstić information content (AvgIpc) is 2.82. The van der Waals surface area contributed by atoms with Crippen LogP contribution in [0.1, 0.15) is 22.0 Å². The number of amides is 1. The number of carbonyl (C=O) groups is 2. The van der Waals surface area contributed by atoms with Gasteiger partial charge in [-0.05, 0) is 41.0 Å². The summed E-state index contributed by atoms with van der Waals surface area (Å²) in [6.45, 7) is 0. The fourth-order valence-corrected chi connectivity index (χ4v) is 3.06. The van der Waals surface area contributed by atoms with E-state index < -0.39 is 24.0 Å². The predicted molar refractivity (Wildman–Crippen MR) is 113 cm³/mol. The Morgan fingerprint density at radius 3 is 2.00 bits per heavy atom. The second-order valence-corrected chi connectivity index (χ2v) is 6.64. The Kier molecular flexibility index (Phi) is 6.83. The molecule has 6 nitrogen and oxygen atoms in total. The third-order valence-electron chi connectivity index (χ3n) is 4.77. The SMILES string of the molecule is COC(=O)C(NC(=O)c1ccc(-c2ccccc2)cc1)C(O)c1ccc(OC)cc1. The Morgan fingerprint density at radius 1 is 0.833 bits per heavy atom. The summed E-state index contributed by atoms with van der Waals surface area (Å²) in [6, 6.07) is 22.1. The van der Waals surface area contributed by atoms with Crippen LogP contribution >= 0.6 is 0 Å². The van der Waals surface area contributed by atoms with Gasteiger partial charge in [0.1, 0.15) is 11.9 Å². The topological polar surface area (TPSA) is 84.9 Å². The second kappa shape index (κ2) is 9.71. The van der Waals surface area contributed by atoms with Crippen molar-refractivity contribution in [3.63, 3.8) is 0 Å². The van der Waals surface area contributed by atoms with Crippen LogP contribution in [0.4, 0.5) is 0 Å². The van der Waals surface area contributed by atoms with Crippen molar-refractivity contribution < 1.29 is 24.2 Å². The van der Waals surface area contributed by atoms with E-state index in [9.17, 15) is 14.7 Å². The molecule has 3 aromatic rings. The average molecular weight is 405 g/mol. The van der Waals surface area contributed by atoms with E-state index in [0.29, 0.717) is 16.9 Å². The molecule has 0 bridgehead atoms. The van der Waals surface area contributed by atoms with Crippen molar-refractivity contribution in [3.8, 4) is 16.9 Å². The van der Waals surface area contributed by atoms with E-state index in [1.807, 2.05) is 42.5 Å². The van der Waals surface area contributed by atoms with Crippen molar-refractivity contribution in [2.24, 2.45) is 0 Å². The molecule has 1 amide bonds. The lowest BCUT2D eigenvalue weighted by Gasteiger charge is -2.22. The molecule has 3 aromatic carbocycles. The van der Waals surface area contributed by atoms with Gasteiger partial charge in [0.25, 0.3) is 5.91 Å². The van der Waals surface area contributed by atoms with E-state index in [4.69, 9.17) is 9.47 Å². The molecule has 0 saturated heterocycles. The van der Waals surface area contributed by atoms with E-state index >= 15 is 0 Å². The van der Waals surface area contributed by atoms with Crippen molar-refractivity contribution in [1.82, 2.24) is 5.32 Å². The minimum atomic E-state index is -1.28. The van der Waals surface area contributed by atoms with Crippen LogP contribution in [0.15, 0.2) is 78.9 Å². The number of hydrogen-bond donors (Lipinski definition) is 2. The highest BCUT2D eigenvalue weighted by Crippen LogP contribution is 2.22. The highest BCUT2D eigenvalue weighted by Gasteiger charge is 2.31. The predicted octanol–water partition coefficient (Wildman–Crippen LogP) is 3.37. The van der Waals surface area contributed by atoms with Gasteiger partial charge in [-0.3, -0.25) is 4.79 Å². The summed E-state index contributed by atoms with van der Waals surface area (Å²) in [4.78, 5) is 24.9. The number of methoxy groups -OCH3 is 2.